The van der Waals surface area contributed by atoms with Crippen LogP contribution in [0.4, 0.5) is 4.79 Å². The number of rotatable bonds is 5. The van der Waals surface area contributed by atoms with Crippen LogP contribution < -0.4 is 5.32 Å². The predicted molar refractivity (Wildman–Crippen MR) is 77.7 cm³/mol. The SMILES string of the molecule is O=C(O)CCC1CCCN(C(=O)NCc2ccsc2)C1. The fraction of sp³-hybridized carbons (Fsp3) is 0.571. The number of nitrogens with one attached hydrogen (secondary N) is 1. The van der Waals surface area contributed by atoms with Crippen molar-refractivity contribution >= 4 is 23.3 Å². The van der Waals surface area contributed by atoms with E-state index in [1.165, 1.54) is 0 Å². The lowest BCUT2D eigenvalue weighted by Crippen LogP contribution is -2.45. The molecule has 2 N–H and O–H groups in total. The smallest absolute Gasteiger partial charge is 0.317 e. The molecule has 1 aromatic rings. The van der Waals surface area contributed by atoms with Gasteiger partial charge in [0.2, 0.25) is 0 Å². The Labute approximate surface area is 122 Å². The summed E-state index contributed by atoms with van der Waals surface area (Å²) in [5.74, 6) is -0.448. The van der Waals surface area contributed by atoms with Crippen molar-refractivity contribution < 1.29 is 14.7 Å². The van der Waals surface area contributed by atoms with Crippen LogP contribution in [0.25, 0.3) is 0 Å². The van der Waals surface area contributed by atoms with Crippen molar-refractivity contribution in [1.29, 1.82) is 0 Å². The number of thiophene rings is 1. The molecule has 2 rings (SSSR count). The molecule has 1 fully saturated rings. The van der Waals surface area contributed by atoms with E-state index in [2.05, 4.69) is 5.32 Å². The first-order chi connectivity index (χ1) is 9.65. The van der Waals surface area contributed by atoms with Crippen LogP contribution in [-0.2, 0) is 11.3 Å². The number of carbonyl (C=O) groups excluding carboxylic acids is 1. The van der Waals surface area contributed by atoms with Gasteiger partial charge in [-0.15, -0.1) is 0 Å². The first-order valence-electron chi connectivity index (χ1n) is 6.91. The molecule has 2 amide bonds. The molecule has 1 saturated heterocycles. The Balaban J connectivity index is 1.76. The number of carbonyl (C=O) groups is 2. The standard InChI is InChI=1S/C14H20N2O3S/c17-13(18)4-3-11-2-1-6-16(9-11)14(19)15-8-12-5-7-20-10-12/h5,7,10-11H,1-4,6,8-9H2,(H,15,19)(H,17,18). The summed E-state index contributed by atoms with van der Waals surface area (Å²) in [7, 11) is 0. The van der Waals surface area contributed by atoms with Gasteiger partial charge in [0.15, 0.2) is 0 Å². The van der Waals surface area contributed by atoms with Crippen LogP contribution in [0.5, 0.6) is 0 Å². The maximum atomic E-state index is 12.1. The van der Waals surface area contributed by atoms with Crippen molar-refractivity contribution in [2.45, 2.75) is 32.2 Å². The first-order valence-corrected chi connectivity index (χ1v) is 7.85. The molecule has 0 spiro atoms. The lowest BCUT2D eigenvalue weighted by molar-refractivity contribution is -0.137. The van der Waals surface area contributed by atoms with Gasteiger partial charge >= 0.3 is 12.0 Å². The second-order valence-electron chi connectivity index (χ2n) is 5.18. The molecular formula is C14H20N2O3S. The van der Waals surface area contributed by atoms with Gasteiger partial charge in [-0.05, 0) is 47.6 Å². The minimum Gasteiger partial charge on any atom is -0.481 e. The number of likely N-dealkylation sites (tertiary alicyclic amines) is 1. The molecule has 2 heterocycles. The number of piperidine rings is 1. The average molecular weight is 296 g/mol. The van der Waals surface area contributed by atoms with Gasteiger partial charge in [0, 0.05) is 26.1 Å². The number of hydrogen-bond donors (Lipinski definition) is 2. The van der Waals surface area contributed by atoms with E-state index in [1.807, 2.05) is 21.7 Å². The van der Waals surface area contributed by atoms with Crippen LogP contribution in [0.3, 0.4) is 0 Å². The van der Waals surface area contributed by atoms with Crippen molar-refractivity contribution in [1.82, 2.24) is 10.2 Å². The molecule has 20 heavy (non-hydrogen) atoms. The highest BCUT2D eigenvalue weighted by atomic mass is 32.1. The molecule has 0 saturated carbocycles. The quantitative estimate of drug-likeness (QED) is 0.877. The number of hydrogen-bond acceptors (Lipinski definition) is 3. The van der Waals surface area contributed by atoms with Gasteiger partial charge in [-0.1, -0.05) is 0 Å². The number of carboxylic acid groups (broad SMARTS) is 1. The van der Waals surface area contributed by atoms with Gasteiger partial charge in [0.1, 0.15) is 0 Å². The van der Waals surface area contributed by atoms with Crippen LogP contribution in [0, 0.1) is 5.92 Å². The van der Waals surface area contributed by atoms with E-state index in [0.29, 0.717) is 25.4 Å². The van der Waals surface area contributed by atoms with Crippen molar-refractivity contribution in [3.05, 3.63) is 22.4 Å². The monoisotopic (exact) mass is 296 g/mol. The first kappa shape index (κ1) is 14.8. The summed E-state index contributed by atoms with van der Waals surface area (Å²) in [6, 6.07) is 1.95. The van der Waals surface area contributed by atoms with E-state index in [4.69, 9.17) is 5.11 Å². The number of carboxylic acids is 1. The van der Waals surface area contributed by atoms with Gasteiger partial charge in [-0.2, -0.15) is 11.3 Å². The van der Waals surface area contributed by atoms with E-state index in [-0.39, 0.29) is 12.5 Å². The predicted octanol–water partition coefficient (Wildman–Crippen LogP) is 2.53. The number of urea groups is 1. The number of amides is 2. The third-order valence-corrected chi connectivity index (χ3v) is 4.33. The minimum atomic E-state index is -0.760. The Morgan fingerprint density at radius 2 is 2.35 bits per heavy atom. The maximum absolute atomic E-state index is 12.1. The molecule has 1 aliphatic rings. The molecule has 1 aromatic heterocycles. The van der Waals surface area contributed by atoms with Crippen LogP contribution in [0.15, 0.2) is 16.8 Å². The highest BCUT2D eigenvalue weighted by Crippen LogP contribution is 2.21. The molecule has 110 valence electrons. The fourth-order valence-corrected chi connectivity index (χ4v) is 3.16. The second kappa shape index (κ2) is 7.28. The Bertz CT molecular complexity index is 447. The second-order valence-corrected chi connectivity index (χ2v) is 5.96. The number of nitrogens with zero attached hydrogens (tertiary/aromatic N) is 1. The van der Waals surface area contributed by atoms with Gasteiger partial charge in [0.25, 0.3) is 0 Å². The van der Waals surface area contributed by atoms with Crippen molar-refractivity contribution in [3.8, 4) is 0 Å². The van der Waals surface area contributed by atoms with Gasteiger partial charge in [-0.3, -0.25) is 4.79 Å². The average Bonchev–Trinajstić information content (AvgIpc) is 2.96. The Kier molecular flexibility index (Phi) is 5.40. The largest absolute Gasteiger partial charge is 0.481 e. The highest BCUT2D eigenvalue weighted by Gasteiger charge is 2.23. The summed E-state index contributed by atoms with van der Waals surface area (Å²) in [6.07, 6.45) is 2.82. The molecule has 1 unspecified atom stereocenters. The zero-order valence-electron chi connectivity index (χ0n) is 11.4. The molecule has 5 nitrogen and oxygen atoms in total. The van der Waals surface area contributed by atoms with Crippen LogP contribution in [-0.4, -0.2) is 35.1 Å². The Hall–Kier alpha value is -1.56. The molecule has 6 heteroatoms. The molecule has 0 bridgehead atoms. The summed E-state index contributed by atoms with van der Waals surface area (Å²) in [5, 5.41) is 15.6. The normalized spacial score (nSPS) is 18.8. The third-order valence-electron chi connectivity index (χ3n) is 3.60. The van der Waals surface area contributed by atoms with E-state index in [0.717, 1.165) is 24.9 Å². The topological polar surface area (TPSA) is 69.6 Å². The Morgan fingerprint density at radius 1 is 1.50 bits per heavy atom. The van der Waals surface area contributed by atoms with Crippen LogP contribution in [0.1, 0.15) is 31.2 Å². The lowest BCUT2D eigenvalue weighted by atomic mass is 9.93. The highest BCUT2D eigenvalue weighted by molar-refractivity contribution is 7.07. The molecule has 0 radical (unpaired) electrons. The third kappa shape index (κ3) is 4.52. The zero-order chi connectivity index (χ0) is 14.4. The summed E-state index contributed by atoms with van der Waals surface area (Å²) in [6.45, 7) is 1.99. The minimum absolute atomic E-state index is 0.0452. The van der Waals surface area contributed by atoms with Crippen LogP contribution >= 0.6 is 11.3 Å². The van der Waals surface area contributed by atoms with E-state index >= 15 is 0 Å². The summed E-state index contributed by atoms with van der Waals surface area (Å²) in [4.78, 5) is 24.5. The van der Waals surface area contributed by atoms with Crippen molar-refractivity contribution in [2.24, 2.45) is 5.92 Å². The maximum Gasteiger partial charge on any atom is 0.317 e. The van der Waals surface area contributed by atoms with Gasteiger partial charge in [0.05, 0.1) is 0 Å². The zero-order valence-corrected chi connectivity index (χ0v) is 12.2. The molecule has 1 aliphatic heterocycles. The van der Waals surface area contributed by atoms with Crippen molar-refractivity contribution in [3.63, 3.8) is 0 Å². The molecule has 1 atom stereocenters. The lowest BCUT2D eigenvalue weighted by Gasteiger charge is -2.32. The van der Waals surface area contributed by atoms with Gasteiger partial charge in [-0.25, -0.2) is 4.79 Å². The van der Waals surface area contributed by atoms with Gasteiger partial charge < -0.3 is 15.3 Å². The summed E-state index contributed by atoms with van der Waals surface area (Å²) < 4.78 is 0. The molecule has 0 aromatic carbocycles. The van der Waals surface area contributed by atoms with E-state index < -0.39 is 5.97 Å². The molecule has 0 aliphatic carbocycles. The van der Waals surface area contributed by atoms with E-state index in [1.54, 1.807) is 11.3 Å². The summed E-state index contributed by atoms with van der Waals surface area (Å²) in [5.41, 5.74) is 1.11. The summed E-state index contributed by atoms with van der Waals surface area (Å²) >= 11 is 1.62. The van der Waals surface area contributed by atoms with E-state index in [9.17, 15) is 9.59 Å². The van der Waals surface area contributed by atoms with Crippen LogP contribution in [0.2, 0.25) is 0 Å². The van der Waals surface area contributed by atoms with Crippen molar-refractivity contribution in [2.75, 3.05) is 13.1 Å². The number of aliphatic carboxylic acids is 1. The Morgan fingerprint density at radius 3 is 3.05 bits per heavy atom. The molecular weight excluding hydrogens is 276 g/mol. The fourth-order valence-electron chi connectivity index (χ4n) is 2.50.